The van der Waals surface area contributed by atoms with Crippen molar-refractivity contribution in [3.05, 3.63) is 42.0 Å². The molecule has 0 saturated heterocycles. The second-order valence-corrected chi connectivity index (χ2v) is 3.74. The van der Waals surface area contributed by atoms with Crippen LogP contribution in [0.1, 0.15) is 29.1 Å². The van der Waals surface area contributed by atoms with E-state index in [0.717, 1.165) is 5.69 Å². The zero-order valence-corrected chi connectivity index (χ0v) is 10.1. The van der Waals surface area contributed by atoms with Gasteiger partial charge in [0.1, 0.15) is 5.56 Å². The topological polar surface area (TPSA) is 77.2 Å². The lowest BCUT2D eigenvalue weighted by atomic mass is 10.1. The van der Waals surface area contributed by atoms with Crippen LogP contribution >= 0.6 is 0 Å². The van der Waals surface area contributed by atoms with Crippen molar-refractivity contribution in [2.24, 2.45) is 0 Å². The van der Waals surface area contributed by atoms with Gasteiger partial charge in [-0.2, -0.15) is 5.10 Å². The van der Waals surface area contributed by atoms with E-state index in [-0.39, 0.29) is 11.7 Å². The maximum absolute atomic E-state index is 11.2. The van der Waals surface area contributed by atoms with Crippen LogP contribution in [-0.2, 0) is 4.74 Å². The minimum atomic E-state index is -1.02. The van der Waals surface area contributed by atoms with Gasteiger partial charge in [-0.1, -0.05) is 0 Å². The Morgan fingerprint density at radius 3 is 2.67 bits per heavy atom. The number of carboxylic acid groups (broad SMARTS) is 1. The average molecular weight is 247 g/mol. The number of rotatable bonds is 4. The van der Waals surface area contributed by atoms with Crippen LogP contribution in [0.5, 0.6) is 0 Å². The van der Waals surface area contributed by atoms with Gasteiger partial charge in [0.2, 0.25) is 0 Å². The predicted octanol–water partition coefficient (Wildman–Crippen LogP) is 1.67. The fraction of sp³-hybridized carbons (Fsp3) is 0.250. The molecular formula is C12H13N3O3. The Morgan fingerprint density at radius 1 is 1.44 bits per heavy atom. The zero-order valence-electron chi connectivity index (χ0n) is 10.1. The van der Waals surface area contributed by atoms with Crippen molar-refractivity contribution in [2.45, 2.75) is 13.0 Å². The van der Waals surface area contributed by atoms with E-state index in [9.17, 15) is 4.79 Å². The summed E-state index contributed by atoms with van der Waals surface area (Å²) in [5.74, 6) is -1.02. The number of aromatic nitrogens is 3. The highest BCUT2D eigenvalue weighted by atomic mass is 16.5. The van der Waals surface area contributed by atoms with Gasteiger partial charge in [-0.05, 0) is 19.1 Å². The summed E-state index contributed by atoms with van der Waals surface area (Å²) in [6, 6.07) is 3.51. The predicted molar refractivity (Wildman–Crippen MR) is 63.7 cm³/mol. The molecule has 1 unspecified atom stereocenters. The van der Waals surface area contributed by atoms with Crippen LogP contribution in [0.2, 0.25) is 0 Å². The Hall–Kier alpha value is -2.21. The second kappa shape index (κ2) is 4.97. The van der Waals surface area contributed by atoms with Crippen LogP contribution in [0, 0.1) is 0 Å². The quantitative estimate of drug-likeness (QED) is 0.889. The molecule has 0 bridgehead atoms. The normalized spacial score (nSPS) is 12.3. The van der Waals surface area contributed by atoms with Crippen LogP contribution in [0.3, 0.4) is 0 Å². The van der Waals surface area contributed by atoms with E-state index in [1.54, 1.807) is 36.1 Å². The first kappa shape index (κ1) is 12.3. The number of hydrogen-bond acceptors (Lipinski definition) is 4. The molecule has 2 aromatic heterocycles. The lowest BCUT2D eigenvalue weighted by Crippen LogP contribution is -2.11. The molecule has 0 saturated carbocycles. The maximum atomic E-state index is 11.2. The fourth-order valence-corrected chi connectivity index (χ4v) is 1.72. The van der Waals surface area contributed by atoms with Crippen LogP contribution in [0.15, 0.2) is 30.7 Å². The van der Waals surface area contributed by atoms with Gasteiger partial charge in [0.15, 0.2) is 0 Å². The third-order valence-corrected chi connectivity index (χ3v) is 2.68. The summed E-state index contributed by atoms with van der Waals surface area (Å²) in [4.78, 5) is 15.1. The Bertz CT molecular complexity index is 551. The van der Waals surface area contributed by atoms with Crippen molar-refractivity contribution in [1.29, 1.82) is 0 Å². The minimum Gasteiger partial charge on any atom is -0.478 e. The number of nitrogens with zero attached hydrogens (tertiary/aromatic N) is 3. The van der Waals surface area contributed by atoms with Crippen molar-refractivity contribution >= 4 is 5.97 Å². The van der Waals surface area contributed by atoms with Crippen molar-refractivity contribution in [3.63, 3.8) is 0 Å². The maximum Gasteiger partial charge on any atom is 0.339 e. The van der Waals surface area contributed by atoms with Gasteiger partial charge >= 0.3 is 5.97 Å². The second-order valence-electron chi connectivity index (χ2n) is 3.74. The summed E-state index contributed by atoms with van der Waals surface area (Å²) in [7, 11) is 1.53. The highest BCUT2D eigenvalue weighted by Gasteiger charge is 2.22. The molecule has 2 aromatic rings. The minimum absolute atomic E-state index is 0.140. The monoisotopic (exact) mass is 247 g/mol. The smallest absolute Gasteiger partial charge is 0.339 e. The molecule has 0 aliphatic rings. The Kier molecular flexibility index (Phi) is 3.38. The van der Waals surface area contributed by atoms with Gasteiger partial charge in [-0.15, -0.1) is 0 Å². The van der Waals surface area contributed by atoms with E-state index in [1.165, 1.54) is 13.3 Å². The Balaban J connectivity index is 2.58. The summed E-state index contributed by atoms with van der Waals surface area (Å²) in [6.45, 7) is 1.78. The zero-order chi connectivity index (χ0) is 13.1. The summed E-state index contributed by atoms with van der Waals surface area (Å²) in [6.07, 6.45) is 4.21. The average Bonchev–Trinajstić information content (AvgIpc) is 2.83. The van der Waals surface area contributed by atoms with Crippen LogP contribution in [0.25, 0.3) is 5.69 Å². The summed E-state index contributed by atoms with van der Waals surface area (Å²) in [5, 5.41) is 13.3. The lowest BCUT2D eigenvalue weighted by molar-refractivity contribution is 0.0681. The summed E-state index contributed by atoms with van der Waals surface area (Å²) < 4.78 is 6.76. The van der Waals surface area contributed by atoms with Gasteiger partial charge < -0.3 is 9.84 Å². The highest BCUT2D eigenvalue weighted by molar-refractivity contribution is 5.89. The van der Waals surface area contributed by atoms with Crippen LogP contribution in [0.4, 0.5) is 0 Å². The molecule has 18 heavy (non-hydrogen) atoms. The first-order valence-electron chi connectivity index (χ1n) is 5.39. The third-order valence-electron chi connectivity index (χ3n) is 2.68. The van der Waals surface area contributed by atoms with E-state index in [4.69, 9.17) is 9.84 Å². The first-order chi connectivity index (χ1) is 8.65. The highest BCUT2D eigenvalue weighted by Crippen LogP contribution is 2.23. The van der Waals surface area contributed by atoms with E-state index in [2.05, 4.69) is 10.1 Å². The number of pyridine rings is 1. The lowest BCUT2D eigenvalue weighted by Gasteiger charge is -2.13. The molecule has 0 aromatic carbocycles. The molecule has 0 aliphatic heterocycles. The molecule has 2 heterocycles. The molecule has 0 amide bonds. The molecule has 1 N–H and O–H groups in total. The SMILES string of the molecule is COC(C)c1c(C(=O)O)cnn1-c1ccncc1. The number of carbonyl (C=O) groups is 1. The van der Waals surface area contributed by atoms with E-state index < -0.39 is 5.97 Å². The molecule has 0 spiro atoms. The van der Waals surface area contributed by atoms with Crippen molar-refractivity contribution < 1.29 is 14.6 Å². The van der Waals surface area contributed by atoms with Gasteiger partial charge in [0.25, 0.3) is 0 Å². The number of carboxylic acids is 1. The molecule has 6 nitrogen and oxygen atoms in total. The van der Waals surface area contributed by atoms with Gasteiger partial charge in [0, 0.05) is 19.5 Å². The molecule has 94 valence electrons. The molecule has 1 atom stereocenters. The summed E-state index contributed by atoms with van der Waals surface area (Å²) in [5.41, 5.74) is 1.40. The van der Waals surface area contributed by atoms with Crippen molar-refractivity contribution in [3.8, 4) is 5.69 Å². The largest absolute Gasteiger partial charge is 0.478 e. The molecule has 0 fully saturated rings. The standard InChI is InChI=1S/C12H13N3O3/c1-8(18-2)11-10(12(16)17)7-14-15(11)9-3-5-13-6-4-9/h3-8H,1-2H3,(H,16,17). The molecule has 6 heteroatoms. The number of hydrogen-bond donors (Lipinski definition) is 1. The fourth-order valence-electron chi connectivity index (χ4n) is 1.72. The van der Waals surface area contributed by atoms with E-state index in [1.807, 2.05) is 0 Å². The van der Waals surface area contributed by atoms with Crippen molar-refractivity contribution in [2.75, 3.05) is 7.11 Å². The van der Waals surface area contributed by atoms with Gasteiger partial charge in [-0.25, -0.2) is 9.48 Å². The van der Waals surface area contributed by atoms with Crippen LogP contribution in [-0.4, -0.2) is 33.0 Å². The summed E-state index contributed by atoms with van der Waals surface area (Å²) >= 11 is 0. The van der Waals surface area contributed by atoms with Gasteiger partial charge in [0.05, 0.1) is 23.7 Å². The number of methoxy groups -OCH3 is 1. The van der Waals surface area contributed by atoms with E-state index >= 15 is 0 Å². The van der Waals surface area contributed by atoms with Crippen LogP contribution < -0.4 is 0 Å². The van der Waals surface area contributed by atoms with Gasteiger partial charge in [-0.3, -0.25) is 4.98 Å². The number of aromatic carboxylic acids is 1. The third kappa shape index (κ3) is 2.10. The number of ether oxygens (including phenoxy) is 1. The molecule has 2 rings (SSSR count). The Morgan fingerprint density at radius 2 is 2.11 bits per heavy atom. The molecular weight excluding hydrogens is 234 g/mol. The van der Waals surface area contributed by atoms with E-state index in [0.29, 0.717) is 5.69 Å². The Labute approximate surface area is 104 Å². The molecule has 0 aliphatic carbocycles. The molecule has 0 radical (unpaired) electrons. The first-order valence-corrected chi connectivity index (χ1v) is 5.39. The van der Waals surface area contributed by atoms with Crippen molar-refractivity contribution in [1.82, 2.24) is 14.8 Å².